The van der Waals surface area contributed by atoms with Crippen LogP contribution in [0.15, 0.2) is 0 Å². The highest BCUT2D eigenvalue weighted by Crippen LogP contribution is 2.16. The standard InChI is InChI=1S/C10H17N3O4S/c11-8(14)2-1-7(9(15)16)13-10(17)12-6-3-4-18-5-6/h6-7H,1-5H2,(H2,11,14)(H,15,16)(H2,12,13,17)/t6?,7-/m1/s1. The normalized spacial score (nSPS) is 20.1. The Morgan fingerprint density at radius 1 is 1.44 bits per heavy atom. The van der Waals surface area contributed by atoms with Crippen molar-refractivity contribution in [1.29, 1.82) is 0 Å². The summed E-state index contributed by atoms with van der Waals surface area (Å²) in [4.78, 5) is 33.0. The van der Waals surface area contributed by atoms with Gasteiger partial charge >= 0.3 is 12.0 Å². The van der Waals surface area contributed by atoms with Crippen molar-refractivity contribution in [1.82, 2.24) is 10.6 Å². The maximum atomic E-state index is 11.5. The molecule has 102 valence electrons. The third kappa shape index (κ3) is 5.26. The maximum absolute atomic E-state index is 11.5. The van der Waals surface area contributed by atoms with E-state index in [1.54, 1.807) is 11.8 Å². The van der Waals surface area contributed by atoms with Crippen LogP contribution in [0.25, 0.3) is 0 Å². The first kappa shape index (κ1) is 14.6. The summed E-state index contributed by atoms with van der Waals surface area (Å²) >= 11 is 1.74. The van der Waals surface area contributed by atoms with Crippen molar-refractivity contribution in [3.63, 3.8) is 0 Å². The van der Waals surface area contributed by atoms with Crippen LogP contribution in [0.4, 0.5) is 4.79 Å². The summed E-state index contributed by atoms with van der Waals surface area (Å²) in [5.74, 6) is 0.0735. The van der Waals surface area contributed by atoms with E-state index in [1.165, 1.54) is 0 Å². The molecule has 7 nitrogen and oxygen atoms in total. The number of carboxylic acid groups (broad SMARTS) is 1. The number of urea groups is 1. The Balaban J connectivity index is 2.36. The molecule has 0 aromatic carbocycles. The zero-order valence-corrected chi connectivity index (χ0v) is 10.7. The Morgan fingerprint density at radius 2 is 2.17 bits per heavy atom. The lowest BCUT2D eigenvalue weighted by molar-refractivity contribution is -0.139. The molecule has 1 unspecified atom stereocenters. The predicted octanol–water partition coefficient (Wildman–Crippen LogP) is -0.490. The molecule has 0 aromatic rings. The summed E-state index contributed by atoms with van der Waals surface area (Å²) in [7, 11) is 0. The SMILES string of the molecule is NC(=O)CC[C@@H](NC(=O)NC1CCSC1)C(=O)O. The summed E-state index contributed by atoms with van der Waals surface area (Å²) in [5.41, 5.74) is 4.94. The van der Waals surface area contributed by atoms with Crippen LogP contribution in [0.3, 0.4) is 0 Å². The van der Waals surface area contributed by atoms with Gasteiger partial charge in [0, 0.05) is 18.2 Å². The Bertz CT molecular complexity index is 331. The second-order valence-electron chi connectivity index (χ2n) is 4.07. The lowest BCUT2D eigenvalue weighted by Gasteiger charge is -2.17. The highest BCUT2D eigenvalue weighted by molar-refractivity contribution is 7.99. The van der Waals surface area contributed by atoms with Gasteiger partial charge in [-0.2, -0.15) is 11.8 Å². The van der Waals surface area contributed by atoms with Gasteiger partial charge in [0.05, 0.1) is 0 Å². The molecule has 0 radical (unpaired) electrons. The third-order valence-electron chi connectivity index (χ3n) is 2.55. The van der Waals surface area contributed by atoms with Gasteiger partial charge in [-0.15, -0.1) is 0 Å². The van der Waals surface area contributed by atoms with Gasteiger partial charge in [0.1, 0.15) is 6.04 Å². The minimum Gasteiger partial charge on any atom is -0.480 e. The average Bonchev–Trinajstić information content (AvgIpc) is 2.76. The average molecular weight is 275 g/mol. The molecule has 1 rings (SSSR count). The molecule has 18 heavy (non-hydrogen) atoms. The zero-order chi connectivity index (χ0) is 13.5. The number of nitrogens with two attached hydrogens (primary N) is 1. The largest absolute Gasteiger partial charge is 0.480 e. The molecule has 8 heteroatoms. The Labute approximate surface area is 109 Å². The quantitative estimate of drug-likeness (QED) is 0.521. The highest BCUT2D eigenvalue weighted by Gasteiger charge is 2.23. The second kappa shape index (κ2) is 7.10. The number of carbonyl (C=O) groups is 3. The Kier molecular flexibility index (Phi) is 5.76. The summed E-state index contributed by atoms with van der Waals surface area (Å²) in [5, 5.41) is 13.9. The van der Waals surface area contributed by atoms with Gasteiger partial charge in [-0.05, 0) is 18.6 Å². The molecule has 2 atom stereocenters. The minimum absolute atomic E-state index is 0.00248. The van der Waals surface area contributed by atoms with Crippen LogP contribution in [-0.2, 0) is 9.59 Å². The second-order valence-corrected chi connectivity index (χ2v) is 5.22. The minimum atomic E-state index is -1.17. The number of thioether (sulfide) groups is 1. The van der Waals surface area contributed by atoms with E-state index in [0.717, 1.165) is 17.9 Å². The summed E-state index contributed by atoms with van der Waals surface area (Å²) < 4.78 is 0. The lowest BCUT2D eigenvalue weighted by atomic mass is 10.1. The molecule has 1 fully saturated rings. The number of hydrogen-bond acceptors (Lipinski definition) is 4. The fourth-order valence-corrected chi connectivity index (χ4v) is 2.73. The Morgan fingerprint density at radius 3 is 2.67 bits per heavy atom. The van der Waals surface area contributed by atoms with Crippen molar-refractivity contribution in [2.75, 3.05) is 11.5 Å². The van der Waals surface area contributed by atoms with Crippen LogP contribution < -0.4 is 16.4 Å². The molecule has 5 N–H and O–H groups in total. The van der Waals surface area contributed by atoms with Gasteiger partial charge in [-0.3, -0.25) is 4.79 Å². The first-order valence-electron chi connectivity index (χ1n) is 5.65. The van der Waals surface area contributed by atoms with E-state index in [1.807, 2.05) is 0 Å². The van der Waals surface area contributed by atoms with Gasteiger partial charge in [0.2, 0.25) is 5.91 Å². The summed E-state index contributed by atoms with van der Waals surface area (Å²) in [6, 6.07) is -1.52. The third-order valence-corrected chi connectivity index (χ3v) is 3.71. The van der Waals surface area contributed by atoms with Crippen LogP contribution in [0.5, 0.6) is 0 Å². The van der Waals surface area contributed by atoms with Gasteiger partial charge in [-0.25, -0.2) is 9.59 Å². The fraction of sp³-hybridized carbons (Fsp3) is 0.700. The topological polar surface area (TPSA) is 122 Å². The number of aliphatic carboxylic acids is 1. The van der Waals surface area contributed by atoms with Crippen molar-refractivity contribution in [2.45, 2.75) is 31.3 Å². The van der Waals surface area contributed by atoms with E-state index >= 15 is 0 Å². The van der Waals surface area contributed by atoms with E-state index in [4.69, 9.17) is 10.8 Å². The highest BCUT2D eigenvalue weighted by atomic mass is 32.2. The number of nitrogens with one attached hydrogen (secondary N) is 2. The summed E-state index contributed by atoms with van der Waals surface area (Å²) in [6.45, 7) is 0. The molecule has 1 aliphatic heterocycles. The number of amides is 3. The molecule has 1 aliphatic rings. The number of carbonyl (C=O) groups excluding carboxylic acids is 2. The zero-order valence-electron chi connectivity index (χ0n) is 9.85. The molecule has 3 amide bonds. The molecule has 0 bridgehead atoms. The van der Waals surface area contributed by atoms with Gasteiger partial charge in [-0.1, -0.05) is 0 Å². The molecule has 0 saturated carbocycles. The van der Waals surface area contributed by atoms with Crippen LogP contribution in [-0.4, -0.2) is 46.6 Å². The smallest absolute Gasteiger partial charge is 0.326 e. The van der Waals surface area contributed by atoms with Gasteiger partial charge in [0.25, 0.3) is 0 Å². The van der Waals surface area contributed by atoms with E-state index in [0.29, 0.717) is 0 Å². The van der Waals surface area contributed by atoms with E-state index in [-0.39, 0.29) is 18.9 Å². The van der Waals surface area contributed by atoms with Crippen molar-refractivity contribution >= 4 is 29.7 Å². The number of rotatable bonds is 6. The van der Waals surface area contributed by atoms with E-state index in [2.05, 4.69) is 10.6 Å². The maximum Gasteiger partial charge on any atom is 0.326 e. The molecule has 1 saturated heterocycles. The van der Waals surface area contributed by atoms with Crippen LogP contribution >= 0.6 is 11.8 Å². The van der Waals surface area contributed by atoms with Crippen molar-refractivity contribution in [3.8, 4) is 0 Å². The van der Waals surface area contributed by atoms with Gasteiger partial charge < -0.3 is 21.5 Å². The number of carboxylic acids is 1. The van der Waals surface area contributed by atoms with Crippen molar-refractivity contribution in [2.24, 2.45) is 5.73 Å². The monoisotopic (exact) mass is 275 g/mol. The molecular weight excluding hydrogens is 258 g/mol. The summed E-state index contributed by atoms with van der Waals surface area (Å²) in [6.07, 6.45) is 0.811. The molecular formula is C10H17N3O4S. The lowest BCUT2D eigenvalue weighted by Crippen LogP contribution is -2.49. The van der Waals surface area contributed by atoms with Crippen LogP contribution in [0.1, 0.15) is 19.3 Å². The first-order chi connectivity index (χ1) is 8.49. The molecule has 1 heterocycles. The fourth-order valence-electron chi connectivity index (χ4n) is 1.58. The number of primary amides is 1. The van der Waals surface area contributed by atoms with E-state index < -0.39 is 23.9 Å². The molecule has 0 aliphatic carbocycles. The predicted molar refractivity (Wildman–Crippen MR) is 67.2 cm³/mol. The molecule has 0 spiro atoms. The van der Waals surface area contributed by atoms with Crippen LogP contribution in [0.2, 0.25) is 0 Å². The molecule has 0 aromatic heterocycles. The van der Waals surface area contributed by atoms with Crippen molar-refractivity contribution < 1.29 is 19.5 Å². The first-order valence-corrected chi connectivity index (χ1v) is 6.80. The van der Waals surface area contributed by atoms with E-state index in [9.17, 15) is 14.4 Å². The van der Waals surface area contributed by atoms with Crippen molar-refractivity contribution in [3.05, 3.63) is 0 Å². The van der Waals surface area contributed by atoms with Gasteiger partial charge in [0.15, 0.2) is 0 Å². The van der Waals surface area contributed by atoms with Crippen LogP contribution in [0, 0.1) is 0 Å². The number of hydrogen-bond donors (Lipinski definition) is 4. The Hall–Kier alpha value is -1.44.